The predicted molar refractivity (Wildman–Crippen MR) is 116 cm³/mol. The van der Waals surface area contributed by atoms with E-state index in [-0.39, 0.29) is 30.1 Å². The van der Waals surface area contributed by atoms with Crippen LogP contribution in [0.15, 0.2) is 52.1 Å². The van der Waals surface area contributed by atoms with E-state index >= 15 is 0 Å². The summed E-state index contributed by atoms with van der Waals surface area (Å²) in [5, 5.41) is 6.60. The summed E-state index contributed by atoms with van der Waals surface area (Å²) in [5.41, 5.74) is 0.942. The number of furan rings is 1. The van der Waals surface area contributed by atoms with Crippen molar-refractivity contribution >= 4 is 35.6 Å². The van der Waals surface area contributed by atoms with Crippen molar-refractivity contribution in [2.75, 3.05) is 32.1 Å². The Morgan fingerprint density at radius 1 is 1.19 bits per heavy atom. The van der Waals surface area contributed by atoms with Crippen LogP contribution >= 0.6 is 24.0 Å². The van der Waals surface area contributed by atoms with Gasteiger partial charge in [-0.25, -0.2) is 0 Å². The van der Waals surface area contributed by atoms with Crippen LogP contribution in [0, 0.1) is 0 Å². The van der Waals surface area contributed by atoms with Crippen LogP contribution < -0.4 is 15.4 Å². The van der Waals surface area contributed by atoms with Crippen molar-refractivity contribution in [2.45, 2.75) is 26.4 Å². The molecule has 0 spiro atoms. The Morgan fingerprint density at radius 3 is 2.58 bits per heavy atom. The number of rotatable bonds is 9. The lowest BCUT2D eigenvalue weighted by molar-refractivity contribution is 0.208. The first-order valence-corrected chi connectivity index (χ1v) is 8.50. The van der Waals surface area contributed by atoms with Crippen LogP contribution in [0.4, 0.5) is 5.69 Å². The van der Waals surface area contributed by atoms with E-state index in [0.717, 1.165) is 30.2 Å². The lowest BCUT2D eigenvalue weighted by Gasteiger charge is -2.14. The topological polar surface area (TPSA) is 68.0 Å². The third-order valence-electron chi connectivity index (χ3n) is 3.30. The van der Waals surface area contributed by atoms with Crippen LogP contribution in [0.1, 0.15) is 19.6 Å². The van der Waals surface area contributed by atoms with Gasteiger partial charge in [0.25, 0.3) is 0 Å². The standard InChI is InChI=1S/C19H27N3O3.HI/c1-15(2)25-18-8-6-16(7-9-18)22-19(21-12-14-23-3)20-11-10-17-5-4-13-24-17;/h4-9,13,15H,10-12,14H2,1-3H3,(H2,20,21,22);1H. The summed E-state index contributed by atoms with van der Waals surface area (Å²) >= 11 is 0. The van der Waals surface area contributed by atoms with Gasteiger partial charge in [0, 0.05) is 25.8 Å². The molecule has 0 amide bonds. The van der Waals surface area contributed by atoms with E-state index in [1.165, 1.54) is 0 Å². The van der Waals surface area contributed by atoms with E-state index in [9.17, 15) is 0 Å². The Labute approximate surface area is 172 Å². The van der Waals surface area contributed by atoms with Crippen LogP contribution in [0.3, 0.4) is 0 Å². The molecule has 1 aromatic carbocycles. The minimum atomic E-state index is 0. The third kappa shape index (κ3) is 8.57. The zero-order valence-electron chi connectivity index (χ0n) is 15.5. The highest BCUT2D eigenvalue weighted by Crippen LogP contribution is 2.16. The zero-order chi connectivity index (χ0) is 17.9. The molecule has 1 aromatic heterocycles. The van der Waals surface area contributed by atoms with Gasteiger partial charge in [-0.15, -0.1) is 24.0 Å². The second-order valence-electron chi connectivity index (χ2n) is 5.80. The average molecular weight is 473 g/mol. The number of halogens is 1. The molecular formula is C19H28IN3O3. The molecule has 2 rings (SSSR count). The number of benzene rings is 1. The summed E-state index contributed by atoms with van der Waals surface area (Å²) in [6.07, 6.45) is 2.63. The van der Waals surface area contributed by atoms with Gasteiger partial charge >= 0.3 is 0 Å². The lowest BCUT2D eigenvalue weighted by Crippen LogP contribution is -2.32. The molecule has 0 aliphatic rings. The Kier molecular flexibility index (Phi) is 10.8. The van der Waals surface area contributed by atoms with Gasteiger partial charge in [-0.3, -0.25) is 4.99 Å². The summed E-state index contributed by atoms with van der Waals surface area (Å²) in [4.78, 5) is 4.51. The van der Waals surface area contributed by atoms with Gasteiger partial charge in [0.05, 0.1) is 25.5 Å². The number of nitrogens with zero attached hydrogens (tertiary/aromatic N) is 1. The fourth-order valence-electron chi connectivity index (χ4n) is 2.17. The molecule has 0 aliphatic carbocycles. The molecule has 0 fully saturated rings. The van der Waals surface area contributed by atoms with E-state index < -0.39 is 0 Å². The molecule has 0 unspecified atom stereocenters. The molecule has 7 heteroatoms. The monoisotopic (exact) mass is 473 g/mol. The van der Waals surface area contributed by atoms with E-state index in [4.69, 9.17) is 13.9 Å². The first-order valence-electron chi connectivity index (χ1n) is 8.50. The minimum absolute atomic E-state index is 0. The SMILES string of the molecule is COCCN=C(NCCc1ccco1)Nc1ccc(OC(C)C)cc1.I. The number of anilines is 1. The second-order valence-corrected chi connectivity index (χ2v) is 5.80. The van der Waals surface area contributed by atoms with Crippen molar-refractivity contribution in [2.24, 2.45) is 4.99 Å². The second kappa shape index (κ2) is 12.6. The van der Waals surface area contributed by atoms with Crippen molar-refractivity contribution in [1.82, 2.24) is 5.32 Å². The number of ether oxygens (including phenoxy) is 2. The van der Waals surface area contributed by atoms with Gasteiger partial charge in [0.15, 0.2) is 5.96 Å². The molecule has 2 aromatic rings. The van der Waals surface area contributed by atoms with E-state index in [1.807, 2.05) is 50.2 Å². The van der Waals surface area contributed by atoms with Crippen molar-refractivity contribution in [3.05, 3.63) is 48.4 Å². The molecule has 0 bridgehead atoms. The summed E-state index contributed by atoms with van der Waals surface area (Å²) in [6, 6.07) is 11.7. The van der Waals surface area contributed by atoms with Crippen molar-refractivity contribution in [3.8, 4) is 5.75 Å². The maximum atomic E-state index is 5.66. The zero-order valence-corrected chi connectivity index (χ0v) is 17.9. The normalized spacial score (nSPS) is 11.2. The minimum Gasteiger partial charge on any atom is -0.491 e. The molecule has 2 N–H and O–H groups in total. The number of nitrogens with one attached hydrogen (secondary N) is 2. The van der Waals surface area contributed by atoms with Gasteiger partial charge in [0.2, 0.25) is 0 Å². The maximum absolute atomic E-state index is 5.66. The quantitative estimate of drug-likeness (QED) is 0.250. The summed E-state index contributed by atoms with van der Waals surface area (Å²) in [6.45, 7) is 5.90. The molecule has 0 saturated heterocycles. The Bertz CT molecular complexity index is 628. The van der Waals surface area contributed by atoms with Crippen LogP contribution in [-0.4, -0.2) is 38.9 Å². The molecule has 0 saturated carbocycles. The lowest BCUT2D eigenvalue weighted by atomic mass is 10.3. The molecule has 6 nitrogen and oxygen atoms in total. The molecule has 0 atom stereocenters. The van der Waals surface area contributed by atoms with Crippen LogP contribution in [0.2, 0.25) is 0 Å². The van der Waals surface area contributed by atoms with Gasteiger partial charge in [0.1, 0.15) is 11.5 Å². The fourth-order valence-corrected chi connectivity index (χ4v) is 2.17. The van der Waals surface area contributed by atoms with Crippen molar-refractivity contribution in [3.63, 3.8) is 0 Å². The first kappa shape index (κ1) is 22.3. The smallest absolute Gasteiger partial charge is 0.195 e. The van der Waals surface area contributed by atoms with Crippen molar-refractivity contribution in [1.29, 1.82) is 0 Å². The molecule has 0 radical (unpaired) electrons. The van der Waals surface area contributed by atoms with Crippen molar-refractivity contribution < 1.29 is 13.9 Å². The molecule has 0 aliphatic heterocycles. The van der Waals surface area contributed by atoms with Gasteiger partial charge in [-0.2, -0.15) is 0 Å². The van der Waals surface area contributed by atoms with Gasteiger partial charge < -0.3 is 24.5 Å². The highest BCUT2D eigenvalue weighted by molar-refractivity contribution is 14.0. The van der Waals surface area contributed by atoms with Crippen LogP contribution in [0.25, 0.3) is 0 Å². The van der Waals surface area contributed by atoms with E-state index in [0.29, 0.717) is 19.1 Å². The largest absolute Gasteiger partial charge is 0.491 e. The predicted octanol–water partition coefficient (Wildman–Crippen LogP) is 3.93. The van der Waals surface area contributed by atoms with E-state index in [1.54, 1.807) is 13.4 Å². The summed E-state index contributed by atoms with van der Waals surface area (Å²) in [5.74, 6) is 2.50. The third-order valence-corrected chi connectivity index (χ3v) is 3.30. The van der Waals surface area contributed by atoms with E-state index in [2.05, 4.69) is 15.6 Å². The summed E-state index contributed by atoms with van der Waals surface area (Å²) < 4.78 is 16.1. The van der Waals surface area contributed by atoms with Crippen LogP contribution in [0.5, 0.6) is 5.75 Å². The van der Waals surface area contributed by atoms with Gasteiger partial charge in [-0.05, 0) is 50.2 Å². The highest BCUT2D eigenvalue weighted by Gasteiger charge is 2.03. The Morgan fingerprint density at radius 2 is 1.96 bits per heavy atom. The Balaban J connectivity index is 0.00000338. The first-order chi connectivity index (χ1) is 12.2. The molecule has 26 heavy (non-hydrogen) atoms. The number of methoxy groups -OCH3 is 1. The van der Waals surface area contributed by atoms with Gasteiger partial charge in [-0.1, -0.05) is 0 Å². The summed E-state index contributed by atoms with van der Waals surface area (Å²) in [7, 11) is 1.67. The number of aliphatic imine (C=N–C) groups is 1. The molecular weight excluding hydrogens is 445 g/mol. The maximum Gasteiger partial charge on any atom is 0.195 e. The Hall–Kier alpha value is -1.74. The molecule has 144 valence electrons. The van der Waals surface area contributed by atoms with Crippen LogP contribution in [-0.2, 0) is 11.2 Å². The number of guanidine groups is 1. The number of hydrogen-bond acceptors (Lipinski definition) is 4. The fraction of sp³-hybridized carbons (Fsp3) is 0.421. The highest BCUT2D eigenvalue weighted by atomic mass is 127. The number of hydrogen-bond donors (Lipinski definition) is 2. The molecule has 1 heterocycles. The average Bonchev–Trinajstić information content (AvgIpc) is 3.09.